The van der Waals surface area contributed by atoms with E-state index in [9.17, 15) is 8.42 Å². The molecule has 1 aromatic rings. The Morgan fingerprint density at radius 1 is 1.47 bits per heavy atom. The Balaban J connectivity index is 1.74. The number of rotatable bonds is 6. The van der Waals surface area contributed by atoms with Gasteiger partial charge in [-0.2, -0.15) is 5.10 Å². The van der Waals surface area contributed by atoms with Gasteiger partial charge >= 0.3 is 0 Å². The summed E-state index contributed by atoms with van der Waals surface area (Å²) >= 11 is 0. The Hall–Kier alpha value is -0.920. The third-order valence-electron chi connectivity index (χ3n) is 3.34. The summed E-state index contributed by atoms with van der Waals surface area (Å²) in [6.45, 7) is 4.78. The molecule has 1 aliphatic rings. The predicted octanol–water partition coefficient (Wildman–Crippen LogP) is 0.111. The molecule has 2 N–H and O–H groups in total. The van der Waals surface area contributed by atoms with Gasteiger partial charge in [0.2, 0.25) is 10.0 Å². The zero-order valence-electron chi connectivity index (χ0n) is 11.3. The Morgan fingerprint density at radius 2 is 2.21 bits per heavy atom. The third-order valence-corrected chi connectivity index (χ3v) is 4.89. The number of nitrogens with one attached hydrogen (secondary N) is 2. The van der Waals surface area contributed by atoms with Crippen molar-refractivity contribution in [2.24, 2.45) is 5.92 Å². The Labute approximate surface area is 114 Å². The lowest BCUT2D eigenvalue weighted by Gasteiger charge is -2.22. The summed E-state index contributed by atoms with van der Waals surface area (Å²) in [6, 6.07) is 0. The maximum Gasteiger partial charge on any atom is 0.211 e. The van der Waals surface area contributed by atoms with Gasteiger partial charge in [0.25, 0.3) is 0 Å². The minimum Gasteiger partial charge on any atom is -0.317 e. The molecule has 0 saturated carbocycles. The lowest BCUT2D eigenvalue weighted by atomic mass is 10.0. The van der Waals surface area contributed by atoms with Crippen LogP contribution in [0.4, 0.5) is 0 Å². The van der Waals surface area contributed by atoms with Gasteiger partial charge in [-0.25, -0.2) is 13.1 Å². The van der Waals surface area contributed by atoms with Crippen molar-refractivity contribution in [1.82, 2.24) is 19.8 Å². The summed E-state index contributed by atoms with van der Waals surface area (Å²) in [7, 11) is -3.16. The molecule has 2 rings (SSSR count). The van der Waals surface area contributed by atoms with Crippen LogP contribution in [0.25, 0.3) is 0 Å². The third kappa shape index (κ3) is 4.93. The molecule has 1 fully saturated rings. The van der Waals surface area contributed by atoms with Crippen LogP contribution < -0.4 is 10.0 Å². The fourth-order valence-corrected chi connectivity index (χ4v) is 3.80. The summed E-state index contributed by atoms with van der Waals surface area (Å²) in [6.07, 6.45) is 5.56. The summed E-state index contributed by atoms with van der Waals surface area (Å²) in [5.41, 5.74) is 1.08. The van der Waals surface area contributed by atoms with E-state index in [1.165, 1.54) is 0 Å². The SMILES string of the molecule is Cc1cnn(CCNS(=O)(=O)CC2CCNCC2)c1. The average Bonchev–Trinajstić information content (AvgIpc) is 2.75. The molecule has 0 unspecified atom stereocenters. The number of hydrogen-bond donors (Lipinski definition) is 2. The second-order valence-electron chi connectivity index (χ2n) is 5.15. The van der Waals surface area contributed by atoms with Crippen LogP contribution in [0.3, 0.4) is 0 Å². The number of aromatic nitrogens is 2. The summed E-state index contributed by atoms with van der Waals surface area (Å²) in [4.78, 5) is 0. The zero-order valence-corrected chi connectivity index (χ0v) is 12.1. The Morgan fingerprint density at radius 3 is 2.84 bits per heavy atom. The Bertz CT molecular complexity index is 492. The first-order chi connectivity index (χ1) is 9.05. The van der Waals surface area contributed by atoms with Gasteiger partial charge in [0.1, 0.15) is 0 Å². The lowest BCUT2D eigenvalue weighted by molar-refractivity contribution is 0.400. The molecule has 0 aromatic carbocycles. The van der Waals surface area contributed by atoms with E-state index in [2.05, 4.69) is 15.1 Å². The van der Waals surface area contributed by atoms with Crippen LogP contribution in [0.1, 0.15) is 18.4 Å². The second-order valence-corrected chi connectivity index (χ2v) is 7.00. The van der Waals surface area contributed by atoms with Gasteiger partial charge in [-0.1, -0.05) is 0 Å². The van der Waals surface area contributed by atoms with Crippen molar-refractivity contribution in [2.75, 3.05) is 25.4 Å². The highest BCUT2D eigenvalue weighted by Crippen LogP contribution is 2.13. The van der Waals surface area contributed by atoms with E-state index in [0.29, 0.717) is 13.1 Å². The molecule has 1 aliphatic heterocycles. The molecule has 1 aromatic heterocycles. The maximum atomic E-state index is 11.9. The van der Waals surface area contributed by atoms with Crippen molar-refractivity contribution < 1.29 is 8.42 Å². The number of aryl methyl sites for hydroxylation is 1. The van der Waals surface area contributed by atoms with E-state index in [4.69, 9.17) is 0 Å². The van der Waals surface area contributed by atoms with Crippen molar-refractivity contribution in [3.05, 3.63) is 18.0 Å². The van der Waals surface area contributed by atoms with Crippen LogP contribution in [0.5, 0.6) is 0 Å². The standard InChI is InChI=1S/C12H22N4O2S/c1-11-8-14-16(9-11)7-6-15-19(17,18)10-12-2-4-13-5-3-12/h8-9,12-13,15H,2-7,10H2,1H3. The number of piperidine rings is 1. The quantitative estimate of drug-likeness (QED) is 0.778. The van der Waals surface area contributed by atoms with Crippen LogP contribution in [0.15, 0.2) is 12.4 Å². The maximum absolute atomic E-state index is 11.9. The van der Waals surface area contributed by atoms with Gasteiger partial charge in [0.05, 0.1) is 18.5 Å². The molecule has 19 heavy (non-hydrogen) atoms. The van der Waals surface area contributed by atoms with Gasteiger partial charge < -0.3 is 5.32 Å². The second kappa shape index (κ2) is 6.49. The molecule has 0 bridgehead atoms. The van der Waals surface area contributed by atoms with E-state index < -0.39 is 10.0 Å². The smallest absolute Gasteiger partial charge is 0.211 e. The van der Waals surface area contributed by atoms with Crippen molar-refractivity contribution in [1.29, 1.82) is 0 Å². The van der Waals surface area contributed by atoms with E-state index >= 15 is 0 Å². The topological polar surface area (TPSA) is 76.0 Å². The molecule has 0 amide bonds. The van der Waals surface area contributed by atoms with Crippen LogP contribution >= 0.6 is 0 Å². The molecular formula is C12H22N4O2S. The molecule has 1 saturated heterocycles. The monoisotopic (exact) mass is 286 g/mol. The minimum absolute atomic E-state index is 0.243. The van der Waals surface area contributed by atoms with Crippen molar-refractivity contribution >= 4 is 10.0 Å². The minimum atomic E-state index is -3.16. The van der Waals surface area contributed by atoms with Gasteiger partial charge in [-0.3, -0.25) is 4.68 Å². The van der Waals surface area contributed by atoms with Crippen LogP contribution in [0, 0.1) is 12.8 Å². The predicted molar refractivity (Wildman–Crippen MR) is 74.3 cm³/mol. The lowest BCUT2D eigenvalue weighted by Crippen LogP contribution is -2.36. The first-order valence-electron chi connectivity index (χ1n) is 6.72. The molecular weight excluding hydrogens is 264 g/mol. The number of hydrogen-bond acceptors (Lipinski definition) is 4. The largest absolute Gasteiger partial charge is 0.317 e. The van der Waals surface area contributed by atoms with E-state index in [-0.39, 0.29) is 11.7 Å². The highest BCUT2D eigenvalue weighted by molar-refractivity contribution is 7.89. The van der Waals surface area contributed by atoms with Crippen molar-refractivity contribution in [2.45, 2.75) is 26.3 Å². The van der Waals surface area contributed by atoms with Crippen LogP contribution in [-0.4, -0.2) is 43.6 Å². The Kier molecular flexibility index (Phi) is 4.95. The first-order valence-corrected chi connectivity index (χ1v) is 8.37. The fraction of sp³-hybridized carbons (Fsp3) is 0.750. The van der Waals surface area contributed by atoms with Gasteiger partial charge in [0, 0.05) is 12.7 Å². The summed E-state index contributed by atoms with van der Waals surface area (Å²) in [5.74, 6) is 0.526. The average molecular weight is 286 g/mol. The van der Waals surface area contributed by atoms with E-state index in [1.807, 2.05) is 13.1 Å². The number of sulfonamides is 1. The highest BCUT2D eigenvalue weighted by atomic mass is 32.2. The molecule has 0 radical (unpaired) electrons. The molecule has 7 heteroatoms. The molecule has 0 spiro atoms. The zero-order chi connectivity index (χ0) is 13.7. The van der Waals surface area contributed by atoms with Gasteiger partial charge in [0.15, 0.2) is 0 Å². The fourth-order valence-electron chi connectivity index (χ4n) is 2.32. The van der Waals surface area contributed by atoms with E-state index in [0.717, 1.165) is 31.5 Å². The summed E-state index contributed by atoms with van der Waals surface area (Å²) < 4.78 is 28.3. The van der Waals surface area contributed by atoms with Gasteiger partial charge in [-0.05, 0) is 44.3 Å². The molecule has 0 aliphatic carbocycles. The molecule has 0 atom stereocenters. The van der Waals surface area contributed by atoms with Crippen molar-refractivity contribution in [3.63, 3.8) is 0 Å². The van der Waals surface area contributed by atoms with Crippen molar-refractivity contribution in [3.8, 4) is 0 Å². The van der Waals surface area contributed by atoms with E-state index in [1.54, 1.807) is 10.9 Å². The summed E-state index contributed by atoms with van der Waals surface area (Å²) in [5, 5.41) is 7.37. The van der Waals surface area contributed by atoms with Gasteiger partial charge in [-0.15, -0.1) is 0 Å². The molecule has 108 valence electrons. The molecule has 6 nitrogen and oxygen atoms in total. The number of nitrogens with zero attached hydrogens (tertiary/aromatic N) is 2. The normalized spacial score (nSPS) is 17.7. The van der Waals surface area contributed by atoms with Crippen LogP contribution in [0.2, 0.25) is 0 Å². The highest BCUT2D eigenvalue weighted by Gasteiger charge is 2.20. The molecule has 2 heterocycles. The first kappa shape index (κ1) is 14.5. The van der Waals surface area contributed by atoms with Crippen LogP contribution in [-0.2, 0) is 16.6 Å².